The van der Waals surface area contributed by atoms with Gasteiger partial charge in [-0.3, -0.25) is 4.79 Å². The van der Waals surface area contributed by atoms with Crippen LogP contribution in [-0.4, -0.2) is 55.3 Å². The molecule has 1 N–H and O–H groups in total. The Labute approximate surface area is 132 Å². The standard InChI is InChI=1S/C14H16ClN5O2/c15-11-3-1-10(2-4-11)14-16-18-20(17-14)9-13(22)19(7-8-21)12-5-6-12/h1-4,12,21H,5-9H2. The van der Waals surface area contributed by atoms with Crippen molar-refractivity contribution in [3.63, 3.8) is 0 Å². The van der Waals surface area contributed by atoms with Gasteiger partial charge in [0.1, 0.15) is 6.54 Å². The van der Waals surface area contributed by atoms with E-state index in [-0.39, 0.29) is 25.1 Å². The second-order valence-corrected chi connectivity index (χ2v) is 5.63. The molecular weight excluding hydrogens is 306 g/mol. The van der Waals surface area contributed by atoms with Crippen molar-refractivity contribution in [2.75, 3.05) is 13.2 Å². The van der Waals surface area contributed by atoms with E-state index in [0.29, 0.717) is 17.4 Å². The van der Waals surface area contributed by atoms with Crippen LogP contribution in [0.3, 0.4) is 0 Å². The molecule has 0 radical (unpaired) electrons. The first-order valence-electron chi connectivity index (χ1n) is 7.11. The number of hydrogen-bond donors (Lipinski definition) is 1. The number of tetrazole rings is 1. The number of aromatic nitrogens is 4. The number of nitrogens with zero attached hydrogens (tertiary/aromatic N) is 5. The van der Waals surface area contributed by atoms with Crippen LogP contribution >= 0.6 is 11.6 Å². The summed E-state index contributed by atoms with van der Waals surface area (Å²) < 4.78 is 0. The summed E-state index contributed by atoms with van der Waals surface area (Å²) >= 11 is 5.84. The summed E-state index contributed by atoms with van der Waals surface area (Å²) in [5, 5.41) is 21.8. The lowest BCUT2D eigenvalue weighted by atomic mass is 10.2. The van der Waals surface area contributed by atoms with Gasteiger partial charge in [0, 0.05) is 23.2 Å². The molecule has 3 rings (SSSR count). The van der Waals surface area contributed by atoms with Crippen LogP contribution in [0.5, 0.6) is 0 Å². The van der Waals surface area contributed by atoms with Gasteiger partial charge in [0.05, 0.1) is 6.61 Å². The highest BCUT2D eigenvalue weighted by Crippen LogP contribution is 2.26. The molecule has 1 aromatic heterocycles. The van der Waals surface area contributed by atoms with Crippen LogP contribution in [0, 0.1) is 0 Å². The molecule has 1 heterocycles. The fourth-order valence-corrected chi connectivity index (χ4v) is 2.37. The SMILES string of the molecule is O=C(Cn1nnc(-c2ccc(Cl)cc2)n1)N(CCO)C1CC1. The third-order valence-corrected chi connectivity index (χ3v) is 3.73. The van der Waals surface area contributed by atoms with Gasteiger partial charge in [-0.1, -0.05) is 11.6 Å². The molecule has 1 fully saturated rings. The molecule has 2 aromatic rings. The molecule has 0 bridgehead atoms. The van der Waals surface area contributed by atoms with E-state index in [1.165, 1.54) is 4.80 Å². The maximum absolute atomic E-state index is 12.2. The first kappa shape index (κ1) is 14.9. The lowest BCUT2D eigenvalue weighted by molar-refractivity contribution is -0.133. The van der Waals surface area contributed by atoms with Crippen LogP contribution in [-0.2, 0) is 11.3 Å². The molecule has 8 heteroatoms. The van der Waals surface area contributed by atoms with Gasteiger partial charge >= 0.3 is 0 Å². The third kappa shape index (κ3) is 3.42. The predicted molar refractivity (Wildman–Crippen MR) is 80.1 cm³/mol. The Kier molecular flexibility index (Phi) is 4.35. The first-order valence-corrected chi connectivity index (χ1v) is 7.49. The number of amides is 1. The molecule has 0 saturated heterocycles. The number of carbonyl (C=O) groups is 1. The summed E-state index contributed by atoms with van der Waals surface area (Å²) in [4.78, 5) is 15.2. The monoisotopic (exact) mass is 321 g/mol. The summed E-state index contributed by atoms with van der Waals surface area (Å²) in [7, 11) is 0. The first-order chi connectivity index (χ1) is 10.7. The summed E-state index contributed by atoms with van der Waals surface area (Å²) in [5.74, 6) is 0.348. The van der Waals surface area contributed by atoms with Crippen LogP contribution in [0.4, 0.5) is 0 Å². The van der Waals surface area contributed by atoms with Gasteiger partial charge in [-0.25, -0.2) is 0 Å². The largest absolute Gasteiger partial charge is 0.395 e. The third-order valence-electron chi connectivity index (χ3n) is 3.48. The highest BCUT2D eigenvalue weighted by atomic mass is 35.5. The second-order valence-electron chi connectivity index (χ2n) is 5.19. The molecule has 1 aliphatic carbocycles. The van der Waals surface area contributed by atoms with E-state index in [4.69, 9.17) is 16.7 Å². The van der Waals surface area contributed by atoms with Crippen molar-refractivity contribution in [2.45, 2.75) is 25.4 Å². The molecule has 0 atom stereocenters. The average molecular weight is 322 g/mol. The summed E-state index contributed by atoms with van der Waals surface area (Å²) in [6, 6.07) is 7.35. The summed E-state index contributed by atoms with van der Waals surface area (Å²) in [6.07, 6.45) is 1.99. The van der Waals surface area contributed by atoms with Crippen LogP contribution in [0.15, 0.2) is 24.3 Å². The van der Waals surface area contributed by atoms with Crippen molar-refractivity contribution in [3.8, 4) is 11.4 Å². The molecule has 0 spiro atoms. The van der Waals surface area contributed by atoms with Gasteiger partial charge in [-0.2, -0.15) is 4.80 Å². The quantitative estimate of drug-likeness (QED) is 0.857. The number of rotatable bonds is 6. The van der Waals surface area contributed by atoms with E-state index in [1.54, 1.807) is 29.2 Å². The number of halogens is 1. The summed E-state index contributed by atoms with van der Waals surface area (Å²) in [5.41, 5.74) is 0.789. The van der Waals surface area contributed by atoms with Crippen LogP contribution in [0.2, 0.25) is 5.02 Å². The number of hydrogen-bond acceptors (Lipinski definition) is 5. The molecule has 1 amide bonds. The van der Waals surface area contributed by atoms with Crippen LogP contribution < -0.4 is 0 Å². The lowest BCUT2D eigenvalue weighted by Crippen LogP contribution is -2.38. The normalized spacial score (nSPS) is 14.1. The van der Waals surface area contributed by atoms with E-state index in [9.17, 15) is 4.79 Å². The number of carbonyl (C=O) groups excluding carboxylic acids is 1. The maximum Gasteiger partial charge on any atom is 0.246 e. The Balaban J connectivity index is 1.68. The molecule has 1 aromatic carbocycles. The van der Waals surface area contributed by atoms with Gasteiger partial charge in [0.25, 0.3) is 0 Å². The smallest absolute Gasteiger partial charge is 0.246 e. The molecular formula is C14H16ClN5O2. The maximum atomic E-state index is 12.2. The molecule has 1 saturated carbocycles. The van der Waals surface area contributed by atoms with E-state index in [0.717, 1.165) is 18.4 Å². The second kappa shape index (κ2) is 6.41. The molecule has 0 aliphatic heterocycles. The minimum Gasteiger partial charge on any atom is -0.395 e. The Morgan fingerprint density at radius 3 is 2.73 bits per heavy atom. The zero-order valence-electron chi connectivity index (χ0n) is 11.9. The minimum absolute atomic E-state index is 0.0249. The zero-order valence-corrected chi connectivity index (χ0v) is 12.6. The van der Waals surface area contributed by atoms with Crippen molar-refractivity contribution in [1.29, 1.82) is 0 Å². The van der Waals surface area contributed by atoms with Crippen LogP contribution in [0.25, 0.3) is 11.4 Å². The highest BCUT2D eigenvalue weighted by molar-refractivity contribution is 6.30. The molecule has 1 aliphatic rings. The topological polar surface area (TPSA) is 84.1 Å². The summed E-state index contributed by atoms with van der Waals surface area (Å²) in [6.45, 7) is 0.336. The predicted octanol–water partition coefficient (Wildman–Crippen LogP) is 0.977. The van der Waals surface area contributed by atoms with E-state index < -0.39 is 0 Å². The Morgan fingerprint density at radius 2 is 2.09 bits per heavy atom. The molecule has 7 nitrogen and oxygen atoms in total. The van der Waals surface area contributed by atoms with Crippen molar-refractivity contribution >= 4 is 17.5 Å². The van der Waals surface area contributed by atoms with E-state index in [1.807, 2.05) is 0 Å². The number of aliphatic hydroxyl groups is 1. The fourth-order valence-electron chi connectivity index (χ4n) is 2.24. The molecule has 22 heavy (non-hydrogen) atoms. The van der Waals surface area contributed by atoms with Crippen LogP contribution in [0.1, 0.15) is 12.8 Å². The van der Waals surface area contributed by atoms with E-state index in [2.05, 4.69) is 15.4 Å². The lowest BCUT2D eigenvalue weighted by Gasteiger charge is -2.20. The Hall–Kier alpha value is -1.99. The Morgan fingerprint density at radius 1 is 1.36 bits per heavy atom. The Bertz CT molecular complexity index is 654. The van der Waals surface area contributed by atoms with Gasteiger partial charge in [-0.05, 0) is 42.3 Å². The molecule has 116 valence electrons. The van der Waals surface area contributed by atoms with Gasteiger partial charge in [0.15, 0.2) is 0 Å². The number of benzene rings is 1. The zero-order chi connectivity index (χ0) is 15.5. The highest BCUT2D eigenvalue weighted by Gasteiger charge is 2.32. The average Bonchev–Trinajstić information content (AvgIpc) is 3.25. The van der Waals surface area contributed by atoms with Gasteiger partial charge in [0.2, 0.25) is 11.7 Å². The van der Waals surface area contributed by atoms with Gasteiger partial charge < -0.3 is 10.0 Å². The van der Waals surface area contributed by atoms with Crippen molar-refractivity contribution in [3.05, 3.63) is 29.3 Å². The number of aliphatic hydroxyl groups excluding tert-OH is 1. The van der Waals surface area contributed by atoms with Crippen molar-refractivity contribution in [1.82, 2.24) is 25.1 Å². The van der Waals surface area contributed by atoms with Crippen molar-refractivity contribution in [2.24, 2.45) is 0 Å². The van der Waals surface area contributed by atoms with Crippen molar-refractivity contribution < 1.29 is 9.90 Å². The fraction of sp³-hybridized carbons (Fsp3) is 0.429. The van der Waals surface area contributed by atoms with Gasteiger partial charge in [-0.15, -0.1) is 10.2 Å². The van der Waals surface area contributed by atoms with E-state index >= 15 is 0 Å². The molecule has 0 unspecified atom stereocenters. The minimum atomic E-state index is -0.100.